The van der Waals surface area contributed by atoms with Gasteiger partial charge in [-0.15, -0.1) is 0 Å². The number of benzene rings is 1. The molecule has 0 aliphatic carbocycles. The van der Waals surface area contributed by atoms with Gasteiger partial charge in [0.25, 0.3) is 0 Å². The van der Waals surface area contributed by atoms with Crippen LogP contribution in [0.25, 0.3) is 0 Å². The van der Waals surface area contributed by atoms with Crippen LogP contribution in [0.5, 0.6) is 0 Å². The molecular weight excluding hydrogens is 311 g/mol. The summed E-state index contributed by atoms with van der Waals surface area (Å²) in [5.41, 5.74) is -0.223. The van der Waals surface area contributed by atoms with Crippen molar-refractivity contribution in [2.45, 2.75) is 24.3 Å². The Balaban J connectivity index is 2.39. The number of aryl methyl sites for hydroxylation is 1. The Bertz CT molecular complexity index is 487. The van der Waals surface area contributed by atoms with E-state index in [2.05, 4.69) is 15.9 Å². The van der Waals surface area contributed by atoms with Crippen LogP contribution >= 0.6 is 15.9 Å². The van der Waals surface area contributed by atoms with Crippen molar-refractivity contribution < 1.29 is 18.0 Å². The van der Waals surface area contributed by atoms with Gasteiger partial charge in [-0.3, -0.25) is 4.79 Å². The summed E-state index contributed by atoms with van der Waals surface area (Å²) in [6.45, 7) is 1.81. The lowest BCUT2D eigenvalue weighted by atomic mass is 10.1. The Labute approximate surface area is 111 Å². The van der Waals surface area contributed by atoms with E-state index in [0.29, 0.717) is 18.7 Å². The first-order valence-corrected chi connectivity index (χ1v) is 6.33. The predicted octanol–water partition coefficient (Wildman–Crippen LogP) is 3.51. The summed E-state index contributed by atoms with van der Waals surface area (Å²) < 4.78 is 38.3. The predicted molar refractivity (Wildman–Crippen MR) is 65.9 cm³/mol. The highest BCUT2D eigenvalue weighted by atomic mass is 79.9. The maximum atomic E-state index is 12.8. The molecule has 98 valence electrons. The van der Waals surface area contributed by atoms with Gasteiger partial charge in [-0.25, -0.2) is 0 Å². The molecule has 1 atom stereocenters. The third-order valence-electron chi connectivity index (χ3n) is 2.92. The second-order valence-corrected chi connectivity index (χ2v) is 5.60. The first kappa shape index (κ1) is 13.4. The molecule has 1 heterocycles. The highest BCUT2D eigenvalue weighted by Gasteiger charge is 2.34. The SMILES string of the molecule is Cc1ccc(N2CC(Br)CC2=O)cc1C(F)(F)F. The number of halogens is 4. The number of rotatable bonds is 1. The van der Waals surface area contributed by atoms with Gasteiger partial charge in [0, 0.05) is 23.5 Å². The quantitative estimate of drug-likeness (QED) is 0.725. The van der Waals surface area contributed by atoms with Crippen molar-refractivity contribution in [3.8, 4) is 0 Å². The van der Waals surface area contributed by atoms with Crippen LogP contribution in [0.2, 0.25) is 0 Å². The zero-order valence-corrected chi connectivity index (χ0v) is 11.2. The number of hydrogen-bond acceptors (Lipinski definition) is 1. The van der Waals surface area contributed by atoms with Gasteiger partial charge in [0.2, 0.25) is 5.91 Å². The highest BCUT2D eigenvalue weighted by Crippen LogP contribution is 2.35. The van der Waals surface area contributed by atoms with E-state index in [-0.39, 0.29) is 16.3 Å². The fourth-order valence-electron chi connectivity index (χ4n) is 2.00. The van der Waals surface area contributed by atoms with Gasteiger partial charge < -0.3 is 4.90 Å². The van der Waals surface area contributed by atoms with E-state index in [1.165, 1.54) is 17.9 Å². The molecule has 0 radical (unpaired) electrons. The number of nitrogens with zero attached hydrogens (tertiary/aromatic N) is 1. The van der Waals surface area contributed by atoms with Crippen molar-refractivity contribution in [3.05, 3.63) is 29.3 Å². The summed E-state index contributed by atoms with van der Waals surface area (Å²) in [4.78, 5) is 13.0. The molecule has 18 heavy (non-hydrogen) atoms. The van der Waals surface area contributed by atoms with E-state index in [1.807, 2.05) is 0 Å². The van der Waals surface area contributed by atoms with E-state index >= 15 is 0 Å². The molecule has 1 aromatic carbocycles. The lowest BCUT2D eigenvalue weighted by Gasteiger charge is -2.19. The summed E-state index contributed by atoms with van der Waals surface area (Å²) >= 11 is 3.30. The summed E-state index contributed by atoms with van der Waals surface area (Å²) in [6.07, 6.45) is -4.08. The topological polar surface area (TPSA) is 20.3 Å². The van der Waals surface area contributed by atoms with Crippen molar-refractivity contribution in [3.63, 3.8) is 0 Å². The highest BCUT2D eigenvalue weighted by molar-refractivity contribution is 9.09. The van der Waals surface area contributed by atoms with Gasteiger partial charge in [-0.2, -0.15) is 13.2 Å². The van der Waals surface area contributed by atoms with Crippen LogP contribution in [0, 0.1) is 6.92 Å². The van der Waals surface area contributed by atoms with E-state index in [9.17, 15) is 18.0 Å². The van der Waals surface area contributed by atoms with Gasteiger partial charge >= 0.3 is 6.18 Å². The molecule has 1 aromatic rings. The second-order valence-electron chi connectivity index (χ2n) is 4.30. The van der Waals surface area contributed by atoms with Crippen molar-refractivity contribution in [2.75, 3.05) is 11.4 Å². The molecule has 1 saturated heterocycles. The number of amides is 1. The molecule has 0 N–H and O–H groups in total. The van der Waals surface area contributed by atoms with E-state index < -0.39 is 11.7 Å². The first-order chi connectivity index (χ1) is 8.29. The number of alkyl halides is 4. The third kappa shape index (κ3) is 2.53. The molecule has 2 nitrogen and oxygen atoms in total. The molecule has 0 spiro atoms. The Morgan fingerprint density at radius 3 is 2.56 bits per heavy atom. The maximum absolute atomic E-state index is 12.8. The monoisotopic (exact) mass is 321 g/mol. The fraction of sp³-hybridized carbons (Fsp3) is 0.417. The van der Waals surface area contributed by atoms with E-state index in [4.69, 9.17) is 0 Å². The normalized spacial score (nSPS) is 20.6. The van der Waals surface area contributed by atoms with Crippen molar-refractivity contribution in [1.82, 2.24) is 0 Å². The zero-order valence-electron chi connectivity index (χ0n) is 9.59. The maximum Gasteiger partial charge on any atom is 0.416 e. The third-order valence-corrected chi connectivity index (χ3v) is 3.53. The van der Waals surface area contributed by atoms with Crippen molar-refractivity contribution in [1.29, 1.82) is 0 Å². The largest absolute Gasteiger partial charge is 0.416 e. The minimum atomic E-state index is -4.39. The average Bonchev–Trinajstić information content (AvgIpc) is 2.57. The number of carbonyl (C=O) groups excluding carboxylic acids is 1. The molecular formula is C12H11BrF3NO. The van der Waals surface area contributed by atoms with Crippen molar-refractivity contribution >= 4 is 27.5 Å². The van der Waals surface area contributed by atoms with Gasteiger partial charge in [0.05, 0.1) is 5.56 Å². The molecule has 1 aliphatic rings. The standard InChI is InChI=1S/C12H11BrF3NO/c1-7-2-3-9(5-10(7)12(14,15)16)17-6-8(13)4-11(17)18/h2-3,5,8H,4,6H2,1H3. The van der Waals surface area contributed by atoms with Gasteiger partial charge in [0.1, 0.15) is 0 Å². The molecule has 1 fully saturated rings. The molecule has 0 bridgehead atoms. The zero-order chi connectivity index (χ0) is 13.5. The smallest absolute Gasteiger partial charge is 0.311 e. The van der Waals surface area contributed by atoms with Crippen LogP contribution in [0.4, 0.5) is 18.9 Å². The van der Waals surface area contributed by atoms with Crippen LogP contribution in [-0.4, -0.2) is 17.3 Å². The fourth-order valence-corrected chi connectivity index (χ4v) is 2.56. The molecule has 1 amide bonds. The summed E-state index contributed by atoms with van der Waals surface area (Å²) in [7, 11) is 0. The Kier molecular flexibility index (Phi) is 3.40. The summed E-state index contributed by atoms with van der Waals surface area (Å²) in [5, 5.41) is 0. The van der Waals surface area contributed by atoms with Crippen LogP contribution in [-0.2, 0) is 11.0 Å². The molecule has 1 aliphatic heterocycles. The van der Waals surface area contributed by atoms with Gasteiger partial charge in [-0.1, -0.05) is 22.0 Å². The number of hydrogen-bond donors (Lipinski definition) is 0. The summed E-state index contributed by atoms with van der Waals surface area (Å²) in [6, 6.07) is 3.98. The minimum absolute atomic E-state index is 0.000592. The average molecular weight is 322 g/mol. The molecule has 0 aromatic heterocycles. The molecule has 1 unspecified atom stereocenters. The first-order valence-electron chi connectivity index (χ1n) is 5.41. The van der Waals surface area contributed by atoms with Crippen LogP contribution in [0.3, 0.4) is 0 Å². The summed E-state index contributed by atoms with van der Waals surface area (Å²) in [5.74, 6) is -0.158. The van der Waals surface area contributed by atoms with Crippen LogP contribution in [0.1, 0.15) is 17.5 Å². The van der Waals surface area contributed by atoms with E-state index in [0.717, 1.165) is 6.07 Å². The Hall–Kier alpha value is -1.04. The van der Waals surface area contributed by atoms with Crippen LogP contribution in [0.15, 0.2) is 18.2 Å². The van der Waals surface area contributed by atoms with Crippen LogP contribution < -0.4 is 4.90 Å². The molecule has 0 saturated carbocycles. The Morgan fingerprint density at radius 2 is 2.06 bits per heavy atom. The van der Waals surface area contributed by atoms with Crippen molar-refractivity contribution in [2.24, 2.45) is 0 Å². The van der Waals surface area contributed by atoms with E-state index in [1.54, 1.807) is 6.07 Å². The van der Waals surface area contributed by atoms with Gasteiger partial charge in [0.15, 0.2) is 0 Å². The molecule has 6 heteroatoms. The number of carbonyl (C=O) groups is 1. The minimum Gasteiger partial charge on any atom is -0.311 e. The molecule has 2 rings (SSSR count). The Morgan fingerprint density at radius 1 is 1.39 bits per heavy atom. The number of anilines is 1. The second kappa shape index (κ2) is 4.57. The van der Waals surface area contributed by atoms with Gasteiger partial charge in [-0.05, 0) is 24.6 Å². The lowest BCUT2D eigenvalue weighted by molar-refractivity contribution is -0.138. The lowest BCUT2D eigenvalue weighted by Crippen LogP contribution is -2.25.